The summed E-state index contributed by atoms with van der Waals surface area (Å²) in [6, 6.07) is 12.3. The zero-order chi connectivity index (χ0) is 14.8. The van der Waals surface area contributed by atoms with Crippen molar-refractivity contribution in [3.63, 3.8) is 0 Å². The second-order valence-corrected chi connectivity index (χ2v) is 6.52. The lowest BCUT2D eigenvalue weighted by Gasteiger charge is -2.13. The predicted octanol–water partition coefficient (Wildman–Crippen LogP) is 5.30. The summed E-state index contributed by atoms with van der Waals surface area (Å²) < 4.78 is 11.9. The number of aromatic nitrogens is 2. The lowest BCUT2D eigenvalue weighted by molar-refractivity contribution is 0.217. The Hall–Kier alpha value is -1.46. The molecule has 3 aromatic rings. The molecule has 0 saturated carbocycles. The second kappa shape index (κ2) is 6.12. The van der Waals surface area contributed by atoms with E-state index in [-0.39, 0.29) is 6.10 Å². The maximum atomic E-state index is 5.82. The molecule has 0 fully saturated rings. The highest BCUT2D eigenvalue weighted by molar-refractivity contribution is 9.10. The molecule has 1 atom stereocenters. The van der Waals surface area contributed by atoms with Crippen LogP contribution in [0.4, 0.5) is 0 Å². The van der Waals surface area contributed by atoms with Crippen LogP contribution in [0.15, 0.2) is 40.9 Å². The molecule has 1 heterocycles. The van der Waals surface area contributed by atoms with Crippen LogP contribution in [0.5, 0.6) is 5.75 Å². The van der Waals surface area contributed by atoms with Gasteiger partial charge in [0.25, 0.3) is 0 Å². The molecule has 0 aliphatic rings. The average Bonchev–Trinajstić information content (AvgIpc) is 2.99. The first kappa shape index (κ1) is 14.5. The molecule has 0 amide bonds. The van der Waals surface area contributed by atoms with Crippen LogP contribution in [0.25, 0.3) is 21.3 Å². The zero-order valence-electron chi connectivity index (χ0n) is 11.8. The predicted molar refractivity (Wildman–Crippen MR) is 90.9 cm³/mol. The van der Waals surface area contributed by atoms with Crippen LogP contribution in [0.3, 0.4) is 0 Å². The van der Waals surface area contributed by atoms with E-state index >= 15 is 0 Å². The number of hydrogen-bond donors (Lipinski definition) is 0. The van der Waals surface area contributed by atoms with Gasteiger partial charge in [-0.25, -0.2) is 0 Å². The van der Waals surface area contributed by atoms with Gasteiger partial charge in [0.2, 0.25) is 0 Å². The van der Waals surface area contributed by atoms with Crippen LogP contribution in [0.1, 0.15) is 20.3 Å². The standard InChI is InChI=1S/C16H15BrN2OS/c1-3-10(2)20-12-6-4-11(5-7-12)13-8-9-14(17)15-16(13)21-19-18-15/h4-10H,3H2,1-2H3/t10-/m1/s1. The molecule has 0 saturated heterocycles. The number of nitrogens with zero attached hydrogens (tertiary/aromatic N) is 2. The fourth-order valence-corrected chi connectivity index (χ4v) is 3.36. The van der Waals surface area contributed by atoms with Crippen LogP contribution in [0.2, 0.25) is 0 Å². The summed E-state index contributed by atoms with van der Waals surface area (Å²) in [7, 11) is 0. The van der Waals surface area contributed by atoms with Gasteiger partial charge in [0.1, 0.15) is 11.3 Å². The summed E-state index contributed by atoms with van der Waals surface area (Å²) in [5.41, 5.74) is 3.21. The normalized spacial score (nSPS) is 12.5. The second-order valence-electron chi connectivity index (χ2n) is 4.91. The van der Waals surface area contributed by atoms with E-state index in [9.17, 15) is 0 Å². The van der Waals surface area contributed by atoms with Gasteiger partial charge in [0, 0.05) is 10.0 Å². The lowest BCUT2D eigenvalue weighted by atomic mass is 10.1. The summed E-state index contributed by atoms with van der Waals surface area (Å²) in [6.07, 6.45) is 1.24. The van der Waals surface area contributed by atoms with Crippen LogP contribution in [-0.4, -0.2) is 15.7 Å². The Balaban J connectivity index is 1.96. The highest BCUT2D eigenvalue weighted by atomic mass is 79.9. The summed E-state index contributed by atoms with van der Waals surface area (Å²) in [6.45, 7) is 4.20. The molecule has 0 radical (unpaired) electrons. The van der Waals surface area contributed by atoms with Gasteiger partial charge in [0.05, 0.1) is 10.8 Å². The van der Waals surface area contributed by atoms with Crippen molar-refractivity contribution in [1.82, 2.24) is 9.59 Å². The van der Waals surface area contributed by atoms with Crippen LogP contribution in [-0.2, 0) is 0 Å². The average molecular weight is 363 g/mol. The molecule has 21 heavy (non-hydrogen) atoms. The third-order valence-corrected chi connectivity index (χ3v) is 4.83. The zero-order valence-corrected chi connectivity index (χ0v) is 14.2. The topological polar surface area (TPSA) is 35.0 Å². The third kappa shape index (κ3) is 2.94. The van der Waals surface area contributed by atoms with E-state index in [1.54, 1.807) is 0 Å². The van der Waals surface area contributed by atoms with Gasteiger partial charge in [-0.1, -0.05) is 29.6 Å². The molecule has 0 N–H and O–H groups in total. The maximum Gasteiger partial charge on any atom is 0.120 e. The van der Waals surface area contributed by atoms with Gasteiger partial charge in [-0.2, -0.15) is 0 Å². The van der Waals surface area contributed by atoms with Gasteiger partial charge in [-0.15, -0.1) is 5.10 Å². The van der Waals surface area contributed by atoms with E-state index in [2.05, 4.69) is 57.6 Å². The van der Waals surface area contributed by atoms with Crippen LogP contribution >= 0.6 is 27.5 Å². The van der Waals surface area contributed by atoms with Gasteiger partial charge in [-0.05, 0) is 64.6 Å². The number of ether oxygens (including phenoxy) is 1. The van der Waals surface area contributed by atoms with Gasteiger partial charge in [0.15, 0.2) is 0 Å². The van der Waals surface area contributed by atoms with Crippen molar-refractivity contribution in [3.8, 4) is 16.9 Å². The Morgan fingerprint density at radius 3 is 2.67 bits per heavy atom. The maximum absolute atomic E-state index is 5.82. The van der Waals surface area contributed by atoms with Crippen molar-refractivity contribution in [2.24, 2.45) is 0 Å². The minimum atomic E-state index is 0.237. The molecule has 0 spiro atoms. The van der Waals surface area contributed by atoms with Crippen molar-refractivity contribution in [2.45, 2.75) is 26.4 Å². The largest absolute Gasteiger partial charge is 0.491 e. The summed E-state index contributed by atoms with van der Waals surface area (Å²) in [5, 5.41) is 4.17. The number of fused-ring (bicyclic) bond motifs is 1. The molecule has 0 aliphatic carbocycles. The Labute approximate surface area is 136 Å². The van der Waals surface area contributed by atoms with Gasteiger partial charge in [-0.3, -0.25) is 0 Å². The molecule has 108 valence electrons. The number of hydrogen-bond acceptors (Lipinski definition) is 4. The Kier molecular flexibility index (Phi) is 4.22. The Morgan fingerprint density at radius 1 is 1.19 bits per heavy atom. The fourth-order valence-electron chi connectivity index (χ4n) is 2.09. The first-order valence-electron chi connectivity index (χ1n) is 6.86. The van der Waals surface area contributed by atoms with Crippen molar-refractivity contribution >= 4 is 37.7 Å². The Bertz CT molecular complexity index is 755. The molecule has 2 aromatic carbocycles. The SMILES string of the molecule is CC[C@@H](C)Oc1ccc(-c2ccc(Br)c3nnsc23)cc1. The van der Waals surface area contributed by atoms with E-state index in [0.717, 1.165) is 38.0 Å². The van der Waals surface area contributed by atoms with Crippen molar-refractivity contribution < 1.29 is 4.74 Å². The summed E-state index contributed by atoms with van der Waals surface area (Å²) in [5.74, 6) is 0.906. The molecule has 5 heteroatoms. The van der Waals surface area contributed by atoms with E-state index < -0.39 is 0 Å². The molecule has 0 bridgehead atoms. The van der Waals surface area contributed by atoms with Gasteiger partial charge >= 0.3 is 0 Å². The summed E-state index contributed by atoms with van der Waals surface area (Å²) >= 11 is 4.93. The van der Waals surface area contributed by atoms with Crippen molar-refractivity contribution in [3.05, 3.63) is 40.9 Å². The van der Waals surface area contributed by atoms with Gasteiger partial charge < -0.3 is 4.74 Å². The molecule has 0 aliphatic heterocycles. The first-order chi connectivity index (χ1) is 10.2. The third-order valence-electron chi connectivity index (χ3n) is 3.43. The van der Waals surface area contributed by atoms with E-state index in [4.69, 9.17) is 4.74 Å². The number of halogens is 1. The first-order valence-corrected chi connectivity index (χ1v) is 8.43. The minimum Gasteiger partial charge on any atom is -0.491 e. The van der Waals surface area contributed by atoms with Crippen LogP contribution in [0, 0.1) is 0 Å². The molecule has 0 unspecified atom stereocenters. The Morgan fingerprint density at radius 2 is 1.95 bits per heavy atom. The van der Waals surface area contributed by atoms with Crippen LogP contribution < -0.4 is 4.74 Å². The monoisotopic (exact) mass is 362 g/mol. The molecular formula is C16H15BrN2OS. The highest BCUT2D eigenvalue weighted by Gasteiger charge is 2.10. The molecule has 3 rings (SSSR count). The smallest absolute Gasteiger partial charge is 0.120 e. The molecule has 1 aromatic heterocycles. The van der Waals surface area contributed by atoms with E-state index in [1.807, 2.05) is 18.2 Å². The number of benzene rings is 2. The lowest BCUT2D eigenvalue weighted by Crippen LogP contribution is -2.09. The van der Waals surface area contributed by atoms with Crippen molar-refractivity contribution in [2.75, 3.05) is 0 Å². The van der Waals surface area contributed by atoms with Crippen molar-refractivity contribution in [1.29, 1.82) is 0 Å². The number of rotatable bonds is 4. The highest BCUT2D eigenvalue weighted by Crippen LogP contribution is 2.34. The molecule has 3 nitrogen and oxygen atoms in total. The summed E-state index contributed by atoms with van der Waals surface area (Å²) in [4.78, 5) is 0. The molecular weight excluding hydrogens is 348 g/mol. The minimum absolute atomic E-state index is 0.237. The van der Waals surface area contributed by atoms with E-state index in [0.29, 0.717) is 0 Å². The quantitative estimate of drug-likeness (QED) is 0.631. The van der Waals surface area contributed by atoms with E-state index in [1.165, 1.54) is 11.5 Å². The fraction of sp³-hybridized carbons (Fsp3) is 0.250.